The summed E-state index contributed by atoms with van der Waals surface area (Å²) >= 11 is 0. The maximum atomic E-state index is 8.36. The van der Waals surface area contributed by atoms with Crippen molar-refractivity contribution in [3.05, 3.63) is 0 Å². The van der Waals surface area contributed by atoms with Crippen molar-refractivity contribution in [2.75, 3.05) is 17.6 Å². The van der Waals surface area contributed by atoms with Crippen LogP contribution in [0.1, 0.15) is 13.3 Å². The zero-order chi connectivity index (χ0) is 9.68. The molecule has 0 aliphatic rings. The molecule has 0 aliphatic heterocycles. The summed E-state index contributed by atoms with van der Waals surface area (Å²) < 4.78 is 1.52. The quantitative estimate of drug-likeness (QED) is 0.690. The first kappa shape index (κ1) is 9.32. The van der Waals surface area contributed by atoms with Gasteiger partial charge in [0, 0.05) is 6.54 Å². The zero-order valence-corrected chi connectivity index (χ0v) is 7.49. The third-order valence-electron chi connectivity index (χ3n) is 1.47. The van der Waals surface area contributed by atoms with Crippen molar-refractivity contribution in [3.8, 4) is 6.07 Å². The number of nitrogens with one attached hydrogen (secondary N) is 1. The Labute approximate surface area is 76.4 Å². The van der Waals surface area contributed by atoms with Crippen LogP contribution in [-0.2, 0) is 6.54 Å². The number of nitrogen functional groups attached to an aromatic ring is 1. The van der Waals surface area contributed by atoms with Crippen LogP contribution < -0.4 is 11.1 Å². The van der Waals surface area contributed by atoms with E-state index < -0.39 is 0 Å². The van der Waals surface area contributed by atoms with Crippen molar-refractivity contribution in [3.63, 3.8) is 0 Å². The second-order valence-electron chi connectivity index (χ2n) is 2.46. The van der Waals surface area contributed by atoms with Crippen LogP contribution in [0.15, 0.2) is 0 Å². The molecule has 0 saturated heterocycles. The van der Waals surface area contributed by atoms with Crippen molar-refractivity contribution in [2.45, 2.75) is 19.9 Å². The highest BCUT2D eigenvalue weighted by Gasteiger charge is 2.04. The molecule has 1 rings (SSSR count). The molecule has 13 heavy (non-hydrogen) atoms. The van der Waals surface area contributed by atoms with Gasteiger partial charge < -0.3 is 11.1 Å². The van der Waals surface area contributed by atoms with Gasteiger partial charge in [0.05, 0.1) is 19.0 Å². The van der Waals surface area contributed by atoms with E-state index in [-0.39, 0.29) is 0 Å². The molecule has 0 aliphatic carbocycles. The van der Waals surface area contributed by atoms with Crippen molar-refractivity contribution in [2.24, 2.45) is 0 Å². The van der Waals surface area contributed by atoms with Gasteiger partial charge in [0.2, 0.25) is 11.9 Å². The minimum Gasteiger partial charge on any atom is -0.368 e. The number of nitrogens with two attached hydrogens (primary N) is 1. The molecule has 1 heterocycles. The van der Waals surface area contributed by atoms with Gasteiger partial charge >= 0.3 is 0 Å². The van der Waals surface area contributed by atoms with E-state index in [4.69, 9.17) is 11.0 Å². The summed E-state index contributed by atoms with van der Waals surface area (Å²) in [5.41, 5.74) is 5.55. The van der Waals surface area contributed by atoms with Crippen LogP contribution in [0.25, 0.3) is 0 Å². The number of hydrogen-bond acceptors (Lipinski definition) is 5. The van der Waals surface area contributed by atoms with Crippen LogP contribution >= 0.6 is 0 Å². The van der Waals surface area contributed by atoms with E-state index in [2.05, 4.69) is 15.4 Å². The van der Waals surface area contributed by atoms with Crippen LogP contribution in [0.2, 0.25) is 0 Å². The van der Waals surface area contributed by atoms with Gasteiger partial charge in [-0.05, 0) is 6.92 Å². The summed E-state index contributed by atoms with van der Waals surface area (Å²) in [6.07, 6.45) is 0.388. The summed E-state index contributed by atoms with van der Waals surface area (Å²) in [6.45, 7) is 3.19. The maximum Gasteiger partial charge on any atom is 0.243 e. The molecule has 6 nitrogen and oxygen atoms in total. The van der Waals surface area contributed by atoms with Gasteiger partial charge in [0.25, 0.3) is 0 Å². The van der Waals surface area contributed by atoms with E-state index in [1.54, 1.807) is 0 Å². The lowest BCUT2D eigenvalue weighted by atomic mass is 10.5. The molecule has 0 bridgehead atoms. The zero-order valence-electron chi connectivity index (χ0n) is 7.49. The highest BCUT2D eigenvalue weighted by molar-refractivity contribution is 5.30. The number of aromatic nitrogens is 3. The Kier molecular flexibility index (Phi) is 3.09. The molecule has 70 valence electrons. The lowest BCUT2D eigenvalue weighted by Gasteiger charge is -1.96. The smallest absolute Gasteiger partial charge is 0.243 e. The van der Waals surface area contributed by atoms with E-state index in [1.807, 2.05) is 13.0 Å². The van der Waals surface area contributed by atoms with Crippen LogP contribution in [-0.4, -0.2) is 21.3 Å². The Morgan fingerprint density at radius 3 is 3.08 bits per heavy atom. The van der Waals surface area contributed by atoms with Crippen molar-refractivity contribution < 1.29 is 0 Å². The number of nitrogens with zero attached hydrogens (tertiary/aromatic N) is 4. The van der Waals surface area contributed by atoms with Gasteiger partial charge in [0.15, 0.2) is 0 Å². The molecule has 3 N–H and O–H groups in total. The average Bonchev–Trinajstić information content (AvgIpc) is 2.44. The topological polar surface area (TPSA) is 92.5 Å². The SMILES string of the molecule is CCNc1nc(N)n(CCC#N)n1. The standard InChI is InChI=1S/C7H12N6/c1-2-10-7-11-6(9)13(12-7)5-3-4-8/h2-3,5H2,1H3,(H3,9,10,11,12). The van der Waals surface area contributed by atoms with E-state index >= 15 is 0 Å². The van der Waals surface area contributed by atoms with Crippen molar-refractivity contribution in [1.82, 2.24) is 14.8 Å². The molecular weight excluding hydrogens is 168 g/mol. The predicted octanol–water partition coefficient (Wildman–Crippen LogP) is 0.206. The molecule has 0 saturated carbocycles. The summed E-state index contributed by atoms with van der Waals surface area (Å²) in [6, 6.07) is 2.02. The first-order valence-corrected chi connectivity index (χ1v) is 4.09. The number of hydrogen-bond donors (Lipinski definition) is 2. The lowest BCUT2D eigenvalue weighted by Crippen LogP contribution is -2.05. The fourth-order valence-electron chi connectivity index (χ4n) is 0.908. The molecule has 6 heteroatoms. The summed E-state index contributed by atoms with van der Waals surface area (Å²) in [5, 5.41) is 15.4. The molecule has 0 fully saturated rings. The maximum absolute atomic E-state index is 8.36. The predicted molar refractivity (Wildman–Crippen MR) is 48.8 cm³/mol. The van der Waals surface area contributed by atoms with E-state index in [0.29, 0.717) is 24.9 Å². The lowest BCUT2D eigenvalue weighted by molar-refractivity contribution is 0.637. The Bertz CT molecular complexity index is 309. The Morgan fingerprint density at radius 2 is 2.46 bits per heavy atom. The Morgan fingerprint density at radius 1 is 1.69 bits per heavy atom. The molecule has 1 aromatic rings. The molecule has 0 atom stereocenters. The van der Waals surface area contributed by atoms with Crippen LogP contribution in [0.3, 0.4) is 0 Å². The molecular formula is C7H12N6. The highest BCUT2D eigenvalue weighted by Crippen LogP contribution is 2.04. The molecule has 1 aromatic heterocycles. The number of aryl methyl sites for hydroxylation is 1. The molecule has 0 spiro atoms. The summed E-state index contributed by atoms with van der Waals surface area (Å²) in [4.78, 5) is 3.96. The van der Waals surface area contributed by atoms with E-state index in [9.17, 15) is 0 Å². The van der Waals surface area contributed by atoms with Gasteiger partial charge in [0.1, 0.15) is 0 Å². The average molecular weight is 180 g/mol. The van der Waals surface area contributed by atoms with Gasteiger partial charge in [-0.2, -0.15) is 10.2 Å². The normalized spacial score (nSPS) is 9.54. The van der Waals surface area contributed by atoms with Gasteiger partial charge in [-0.3, -0.25) is 0 Å². The second kappa shape index (κ2) is 4.30. The number of anilines is 2. The Hall–Kier alpha value is -1.77. The minimum absolute atomic E-state index is 0.339. The number of nitriles is 1. The highest BCUT2D eigenvalue weighted by atomic mass is 15.4. The van der Waals surface area contributed by atoms with Gasteiger partial charge in [-0.15, -0.1) is 5.10 Å². The summed E-state index contributed by atoms with van der Waals surface area (Å²) in [5.74, 6) is 0.851. The van der Waals surface area contributed by atoms with Crippen molar-refractivity contribution >= 4 is 11.9 Å². The molecule has 0 radical (unpaired) electrons. The molecule has 0 aromatic carbocycles. The van der Waals surface area contributed by atoms with Gasteiger partial charge in [-0.25, -0.2) is 4.68 Å². The third-order valence-corrected chi connectivity index (χ3v) is 1.47. The summed E-state index contributed by atoms with van der Waals surface area (Å²) in [7, 11) is 0. The van der Waals surface area contributed by atoms with Gasteiger partial charge in [-0.1, -0.05) is 0 Å². The largest absolute Gasteiger partial charge is 0.368 e. The Balaban J connectivity index is 2.67. The number of rotatable bonds is 4. The second-order valence-corrected chi connectivity index (χ2v) is 2.46. The fraction of sp³-hybridized carbons (Fsp3) is 0.571. The third kappa shape index (κ3) is 2.33. The van der Waals surface area contributed by atoms with Crippen molar-refractivity contribution in [1.29, 1.82) is 5.26 Å². The fourth-order valence-corrected chi connectivity index (χ4v) is 0.908. The minimum atomic E-state index is 0.339. The van der Waals surface area contributed by atoms with E-state index in [1.165, 1.54) is 4.68 Å². The first-order valence-electron chi connectivity index (χ1n) is 4.09. The van der Waals surface area contributed by atoms with Crippen LogP contribution in [0, 0.1) is 11.3 Å². The monoisotopic (exact) mass is 180 g/mol. The van der Waals surface area contributed by atoms with Crippen LogP contribution in [0.4, 0.5) is 11.9 Å². The van der Waals surface area contributed by atoms with Crippen LogP contribution in [0.5, 0.6) is 0 Å². The molecule has 0 unspecified atom stereocenters. The first-order chi connectivity index (χ1) is 6.27. The van der Waals surface area contributed by atoms with E-state index in [0.717, 1.165) is 6.54 Å². The molecule has 0 amide bonds.